The molecule has 10 heavy (non-hydrogen) atoms. The van der Waals surface area contributed by atoms with Crippen LogP contribution in [-0.4, -0.2) is 17.0 Å². The Morgan fingerprint density at radius 1 is 1.60 bits per heavy atom. The SMILES string of the molecule is CC[C@H]1CC(=O)C[C@H](O)C1. The highest BCUT2D eigenvalue weighted by atomic mass is 16.3. The van der Waals surface area contributed by atoms with Crippen LogP contribution in [0, 0.1) is 5.92 Å². The molecule has 0 radical (unpaired) electrons. The molecule has 0 saturated heterocycles. The van der Waals surface area contributed by atoms with Crippen molar-refractivity contribution in [2.75, 3.05) is 0 Å². The molecular formula is C8H14O2. The Morgan fingerprint density at radius 3 is 2.80 bits per heavy atom. The molecule has 0 bridgehead atoms. The third-order valence-corrected chi connectivity index (χ3v) is 2.16. The average molecular weight is 142 g/mol. The van der Waals surface area contributed by atoms with Gasteiger partial charge in [0.15, 0.2) is 0 Å². The minimum Gasteiger partial charge on any atom is -0.393 e. The van der Waals surface area contributed by atoms with Crippen molar-refractivity contribution in [3.63, 3.8) is 0 Å². The number of hydrogen-bond donors (Lipinski definition) is 1. The van der Waals surface area contributed by atoms with Crippen LogP contribution in [0.3, 0.4) is 0 Å². The molecule has 58 valence electrons. The van der Waals surface area contributed by atoms with Gasteiger partial charge in [-0.15, -0.1) is 0 Å². The summed E-state index contributed by atoms with van der Waals surface area (Å²) in [6.45, 7) is 2.07. The highest BCUT2D eigenvalue weighted by Gasteiger charge is 2.24. The molecule has 1 saturated carbocycles. The predicted octanol–water partition coefficient (Wildman–Crippen LogP) is 1.13. The Balaban J connectivity index is 2.42. The molecular weight excluding hydrogens is 128 g/mol. The molecule has 1 aliphatic carbocycles. The first kappa shape index (κ1) is 7.73. The van der Waals surface area contributed by atoms with Gasteiger partial charge >= 0.3 is 0 Å². The summed E-state index contributed by atoms with van der Waals surface area (Å²) >= 11 is 0. The number of aliphatic hydroxyl groups excluding tert-OH is 1. The second kappa shape index (κ2) is 3.15. The quantitative estimate of drug-likeness (QED) is 0.595. The maximum absolute atomic E-state index is 10.9. The van der Waals surface area contributed by atoms with Crippen molar-refractivity contribution in [2.45, 2.75) is 38.7 Å². The maximum Gasteiger partial charge on any atom is 0.135 e. The Morgan fingerprint density at radius 2 is 2.30 bits per heavy atom. The first-order valence-corrected chi connectivity index (χ1v) is 3.92. The van der Waals surface area contributed by atoms with E-state index in [0.717, 1.165) is 12.8 Å². The summed E-state index contributed by atoms with van der Waals surface area (Å²) in [6, 6.07) is 0. The lowest BCUT2D eigenvalue weighted by Gasteiger charge is -2.23. The third kappa shape index (κ3) is 1.81. The summed E-state index contributed by atoms with van der Waals surface area (Å²) in [5.41, 5.74) is 0. The maximum atomic E-state index is 10.9. The van der Waals surface area contributed by atoms with Crippen LogP contribution in [0.2, 0.25) is 0 Å². The van der Waals surface area contributed by atoms with Crippen LogP contribution in [-0.2, 0) is 4.79 Å². The second-order valence-electron chi connectivity index (χ2n) is 3.11. The average Bonchev–Trinajstić information content (AvgIpc) is 1.85. The summed E-state index contributed by atoms with van der Waals surface area (Å²) in [5.74, 6) is 0.668. The van der Waals surface area contributed by atoms with E-state index >= 15 is 0 Å². The summed E-state index contributed by atoms with van der Waals surface area (Å²) in [4.78, 5) is 10.9. The van der Waals surface area contributed by atoms with Gasteiger partial charge in [0.25, 0.3) is 0 Å². The van der Waals surface area contributed by atoms with Gasteiger partial charge in [-0.2, -0.15) is 0 Å². The Hall–Kier alpha value is -0.370. The second-order valence-corrected chi connectivity index (χ2v) is 3.11. The number of hydrogen-bond acceptors (Lipinski definition) is 2. The monoisotopic (exact) mass is 142 g/mol. The lowest BCUT2D eigenvalue weighted by Crippen LogP contribution is -2.25. The number of carbonyl (C=O) groups is 1. The van der Waals surface area contributed by atoms with E-state index in [2.05, 4.69) is 6.92 Å². The van der Waals surface area contributed by atoms with Crippen molar-refractivity contribution >= 4 is 5.78 Å². The number of Topliss-reactive ketones (excluding diaryl/α,β-unsaturated/α-hetero) is 1. The number of ketones is 1. The molecule has 1 fully saturated rings. The van der Waals surface area contributed by atoms with E-state index in [1.807, 2.05) is 0 Å². The lowest BCUT2D eigenvalue weighted by atomic mass is 9.85. The molecule has 0 aromatic carbocycles. The van der Waals surface area contributed by atoms with E-state index in [1.54, 1.807) is 0 Å². The summed E-state index contributed by atoms with van der Waals surface area (Å²) in [6.07, 6.45) is 2.56. The van der Waals surface area contributed by atoms with Gasteiger partial charge in [-0.05, 0) is 12.3 Å². The first-order chi connectivity index (χ1) is 4.72. The van der Waals surface area contributed by atoms with Crippen LogP contribution < -0.4 is 0 Å². The van der Waals surface area contributed by atoms with Crippen LogP contribution >= 0.6 is 0 Å². The largest absolute Gasteiger partial charge is 0.393 e. The van der Waals surface area contributed by atoms with Crippen LogP contribution in [0.1, 0.15) is 32.6 Å². The minimum atomic E-state index is -0.355. The fraction of sp³-hybridized carbons (Fsp3) is 0.875. The van der Waals surface area contributed by atoms with Crippen molar-refractivity contribution in [3.05, 3.63) is 0 Å². The fourth-order valence-electron chi connectivity index (χ4n) is 1.53. The summed E-state index contributed by atoms with van der Waals surface area (Å²) in [7, 11) is 0. The van der Waals surface area contributed by atoms with E-state index in [1.165, 1.54) is 0 Å². The molecule has 2 heteroatoms. The Labute approximate surface area is 61.2 Å². The molecule has 0 aromatic heterocycles. The van der Waals surface area contributed by atoms with Crippen molar-refractivity contribution in [1.29, 1.82) is 0 Å². The highest BCUT2D eigenvalue weighted by Crippen LogP contribution is 2.23. The molecule has 0 amide bonds. The number of aliphatic hydroxyl groups is 1. The van der Waals surface area contributed by atoms with Crippen molar-refractivity contribution in [1.82, 2.24) is 0 Å². The van der Waals surface area contributed by atoms with E-state index in [9.17, 15) is 4.79 Å². The smallest absolute Gasteiger partial charge is 0.135 e. The van der Waals surface area contributed by atoms with E-state index < -0.39 is 0 Å². The van der Waals surface area contributed by atoms with Gasteiger partial charge in [-0.25, -0.2) is 0 Å². The van der Waals surface area contributed by atoms with Crippen LogP contribution in [0.5, 0.6) is 0 Å². The van der Waals surface area contributed by atoms with Gasteiger partial charge < -0.3 is 5.11 Å². The topological polar surface area (TPSA) is 37.3 Å². The van der Waals surface area contributed by atoms with Crippen molar-refractivity contribution < 1.29 is 9.90 Å². The molecule has 0 aromatic rings. The van der Waals surface area contributed by atoms with Gasteiger partial charge in [0.1, 0.15) is 5.78 Å². The normalized spacial score (nSPS) is 34.4. The van der Waals surface area contributed by atoms with Crippen molar-refractivity contribution in [3.8, 4) is 0 Å². The number of rotatable bonds is 1. The van der Waals surface area contributed by atoms with Gasteiger partial charge in [0, 0.05) is 12.8 Å². The fourth-order valence-corrected chi connectivity index (χ4v) is 1.53. The van der Waals surface area contributed by atoms with Crippen LogP contribution in [0.25, 0.3) is 0 Å². The van der Waals surface area contributed by atoms with Crippen LogP contribution in [0.4, 0.5) is 0 Å². The van der Waals surface area contributed by atoms with Gasteiger partial charge in [0.05, 0.1) is 6.10 Å². The van der Waals surface area contributed by atoms with E-state index in [-0.39, 0.29) is 11.9 Å². The van der Waals surface area contributed by atoms with Crippen molar-refractivity contribution in [2.24, 2.45) is 5.92 Å². The molecule has 2 atom stereocenters. The molecule has 2 nitrogen and oxygen atoms in total. The highest BCUT2D eigenvalue weighted by molar-refractivity contribution is 5.79. The zero-order valence-electron chi connectivity index (χ0n) is 6.34. The zero-order valence-corrected chi connectivity index (χ0v) is 6.34. The van der Waals surface area contributed by atoms with Gasteiger partial charge in [0.2, 0.25) is 0 Å². The molecule has 1 aliphatic rings. The Kier molecular flexibility index (Phi) is 2.44. The van der Waals surface area contributed by atoms with E-state index in [4.69, 9.17) is 5.11 Å². The van der Waals surface area contributed by atoms with Gasteiger partial charge in [-0.3, -0.25) is 4.79 Å². The molecule has 1 N–H and O–H groups in total. The zero-order chi connectivity index (χ0) is 7.56. The first-order valence-electron chi connectivity index (χ1n) is 3.92. The molecule has 1 rings (SSSR count). The lowest BCUT2D eigenvalue weighted by molar-refractivity contribution is -0.124. The molecule has 0 heterocycles. The van der Waals surface area contributed by atoms with Gasteiger partial charge in [-0.1, -0.05) is 13.3 Å². The third-order valence-electron chi connectivity index (χ3n) is 2.16. The van der Waals surface area contributed by atoms with E-state index in [0.29, 0.717) is 18.8 Å². The standard InChI is InChI=1S/C8H14O2/c1-2-6-3-7(9)5-8(10)4-6/h6-7,9H,2-5H2,1H3/t6-,7-/m1/s1. The number of carbonyl (C=O) groups excluding carboxylic acids is 1. The molecule has 0 aliphatic heterocycles. The molecule has 0 spiro atoms. The minimum absolute atomic E-state index is 0.227. The summed E-state index contributed by atoms with van der Waals surface area (Å²) in [5, 5.41) is 9.16. The molecule has 0 unspecified atom stereocenters. The predicted molar refractivity (Wildman–Crippen MR) is 38.6 cm³/mol. The Bertz CT molecular complexity index is 131. The summed E-state index contributed by atoms with van der Waals surface area (Å²) < 4.78 is 0. The van der Waals surface area contributed by atoms with Crippen LogP contribution in [0.15, 0.2) is 0 Å².